The number of carboxylic acid groups (broad SMARTS) is 1. The molecule has 0 aromatic heterocycles. The lowest BCUT2D eigenvalue weighted by Gasteiger charge is -2.20. The monoisotopic (exact) mass is 974 g/mol. The lowest BCUT2D eigenvalue weighted by atomic mass is 9.91. The molecule has 0 fully saturated rings. The molecule has 0 heterocycles. The van der Waals surface area contributed by atoms with Crippen LogP contribution in [0, 0.1) is 10.8 Å². The van der Waals surface area contributed by atoms with E-state index in [4.69, 9.17) is 62.8 Å². The minimum absolute atomic E-state index is 0. The highest BCUT2D eigenvalue weighted by Gasteiger charge is 2.12. The van der Waals surface area contributed by atoms with Gasteiger partial charge in [-0.05, 0) is 78.1 Å². The maximum absolute atomic E-state index is 9.87. The Labute approximate surface area is 402 Å². The number of ether oxygens (including phenoxy) is 9. The second kappa shape index (κ2) is 56.2. The van der Waals surface area contributed by atoms with Gasteiger partial charge in [0.05, 0.1) is 131 Å². The normalized spacial score (nSPS) is 11.0. The van der Waals surface area contributed by atoms with Crippen LogP contribution in [0.25, 0.3) is 0 Å². The predicted octanol–water partition coefficient (Wildman–Crippen LogP) is 2.08. The van der Waals surface area contributed by atoms with Crippen molar-refractivity contribution in [1.29, 1.82) is 0 Å². The molecule has 0 spiro atoms. The Morgan fingerprint density at radius 1 is 0.516 bits per heavy atom. The number of hydrogen-bond donors (Lipinski definition) is 5. The third-order valence-electron chi connectivity index (χ3n) is 6.99. The quantitative estimate of drug-likeness (QED) is 0.0274. The van der Waals surface area contributed by atoms with Gasteiger partial charge >= 0.3 is 6.15 Å². The number of quaternary nitrogens is 1. The van der Waals surface area contributed by atoms with E-state index in [1.807, 2.05) is 0 Å². The minimum atomic E-state index is -1.53. The van der Waals surface area contributed by atoms with Crippen molar-refractivity contribution in [1.82, 2.24) is 5.32 Å². The van der Waals surface area contributed by atoms with Crippen molar-refractivity contribution in [3.8, 4) is 0 Å². The molecule has 0 aliphatic heterocycles. The Morgan fingerprint density at radius 2 is 0.812 bits per heavy atom. The van der Waals surface area contributed by atoms with Crippen molar-refractivity contribution >= 4 is 39.3 Å². The standard InChI is InChI=1S/C11H23NO5.2C11H24O3.C10H23NO3.CO2.2H2S/c1-11(2,3)12-4-5-15-6-7-16-8-9-17-10(13)14;2*1-11(2,3)5-4-7-13-9-10-14-8-6-12;1-10(2,3)11-4-6-13-8-9-14-7-5-12;2-1-3;;/h12H,4-9H2,1-3H3,(H,13,14);2*12H,4-10H2,1-3H3;11-12H,4-9H2,1-3H3;;2*1H2/p-1. The first-order valence-electron chi connectivity index (χ1n) is 21.9. The molecule has 18 nitrogen and oxygen atoms in total. The van der Waals surface area contributed by atoms with Crippen molar-refractivity contribution in [3.05, 3.63) is 0 Å². The van der Waals surface area contributed by atoms with Gasteiger partial charge in [0.25, 0.3) is 6.16 Å². The van der Waals surface area contributed by atoms with Crippen LogP contribution in [0.15, 0.2) is 0 Å². The molecule has 0 aromatic rings. The van der Waals surface area contributed by atoms with Crippen molar-refractivity contribution in [2.75, 3.05) is 145 Å². The van der Waals surface area contributed by atoms with E-state index in [2.05, 4.69) is 98.5 Å². The fraction of sp³-hybridized carbons (Fsp3) is 0.955. The van der Waals surface area contributed by atoms with Crippen LogP contribution >= 0.6 is 13.5 Å². The van der Waals surface area contributed by atoms with Crippen LogP contribution in [0.4, 0.5) is 4.79 Å². The number of carbonyl (C=O) groups is 1. The third-order valence-corrected chi connectivity index (χ3v) is 6.99. The van der Waals surface area contributed by atoms with Crippen LogP contribution in [0.3, 0.4) is 0 Å². The number of nitrogens with one attached hydrogen (secondary N) is 1. The van der Waals surface area contributed by atoms with Gasteiger partial charge in [0.15, 0.2) is 0 Å². The first-order chi connectivity index (χ1) is 29.0. The van der Waals surface area contributed by atoms with Crippen molar-refractivity contribution in [3.63, 3.8) is 0 Å². The molecule has 20 heteroatoms. The molecule has 392 valence electrons. The van der Waals surface area contributed by atoms with Crippen LogP contribution < -0.4 is 15.7 Å². The molecule has 0 atom stereocenters. The van der Waals surface area contributed by atoms with Gasteiger partial charge in [-0.3, -0.25) is 0 Å². The molecule has 0 aliphatic carbocycles. The zero-order chi connectivity index (χ0) is 48.4. The van der Waals surface area contributed by atoms with Crippen molar-refractivity contribution in [2.24, 2.45) is 10.8 Å². The van der Waals surface area contributed by atoms with Crippen LogP contribution in [-0.4, -0.2) is 184 Å². The number of rotatable bonds is 33. The number of aliphatic hydroxyl groups excluding tert-OH is 3. The summed E-state index contributed by atoms with van der Waals surface area (Å²) in [5.41, 5.74) is 1.17. The third kappa shape index (κ3) is 104. The van der Waals surface area contributed by atoms with Crippen molar-refractivity contribution < 1.29 is 82.8 Å². The van der Waals surface area contributed by atoms with Gasteiger partial charge in [-0.1, -0.05) is 41.5 Å². The number of hydrogen-bond acceptors (Lipinski definition) is 18. The summed E-state index contributed by atoms with van der Waals surface area (Å²) < 4.78 is 45.8. The van der Waals surface area contributed by atoms with Gasteiger partial charge in [0.2, 0.25) is 0 Å². The summed E-state index contributed by atoms with van der Waals surface area (Å²) >= 11 is 0. The summed E-state index contributed by atoms with van der Waals surface area (Å²) in [5, 5.41) is 40.7. The molecule has 0 saturated heterocycles. The SMILES string of the molecule is CC(C)(C)CCCOCCOCCO.CC(C)(C)CCCOCCOCCO.CC(C)(C)NCCOCCOCCO.CC(C)(C)[NH2+]CCOCCOCCOC(=O)[O-].O=C=O.S.[SH-]. The smallest absolute Gasteiger partial charge is 0.373 e. The van der Waals surface area contributed by atoms with Crippen LogP contribution in [-0.2, 0) is 65.7 Å². The van der Waals surface area contributed by atoms with Gasteiger partial charge in [-0.2, -0.15) is 23.1 Å². The number of nitrogens with two attached hydrogens (primary N) is 1. The first-order valence-corrected chi connectivity index (χ1v) is 21.9. The molecule has 0 rings (SSSR count). The highest BCUT2D eigenvalue weighted by Crippen LogP contribution is 2.20. The van der Waals surface area contributed by atoms with Gasteiger partial charge < -0.3 is 92.0 Å². The van der Waals surface area contributed by atoms with Gasteiger partial charge in [0.1, 0.15) is 0 Å². The van der Waals surface area contributed by atoms with E-state index in [9.17, 15) is 9.90 Å². The number of thiol groups is 1. The van der Waals surface area contributed by atoms with Crippen molar-refractivity contribution in [2.45, 2.75) is 120 Å². The summed E-state index contributed by atoms with van der Waals surface area (Å²) in [4.78, 5) is 26.1. The largest absolute Gasteiger partial charge is 0.813 e. The second-order valence-electron chi connectivity index (χ2n) is 18.1. The highest BCUT2D eigenvalue weighted by molar-refractivity contribution is 7.59. The molecule has 0 saturated carbocycles. The molecule has 0 bridgehead atoms. The Kier molecular flexibility index (Phi) is 67.6. The average molecular weight is 974 g/mol. The maximum Gasteiger partial charge on any atom is 0.373 e. The lowest BCUT2D eigenvalue weighted by Crippen LogP contribution is -2.95. The van der Waals surface area contributed by atoms with E-state index in [1.54, 1.807) is 0 Å². The second-order valence-corrected chi connectivity index (χ2v) is 18.1. The molecule has 0 aromatic carbocycles. The Morgan fingerprint density at radius 3 is 1.11 bits per heavy atom. The van der Waals surface area contributed by atoms with E-state index in [0.717, 1.165) is 39.1 Å². The topological polar surface area (TPSA) is 247 Å². The van der Waals surface area contributed by atoms with Crippen LogP contribution in [0.1, 0.15) is 109 Å². The summed E-state index contributed by atoms with van der Waals surface area (Å²) in [7, 11) is 0. The van der Waals surface area contributed by atoms with Gasteiger partial charge in [0, 0.05) is 25.3 Å². The summed E-state index contributed by atoms with van der Waals surface area (Å²) in [6, 6.07) is 0. The van der Waals surface area contributed by atoms with Crippen LogP contribution in [0.2, 0.25) is 0 Å². The molecular weight excluding hydrogens is 877 g/mol. The Bertz CT molecular complexity index is 856. The Hall–Kier alpha value is -1.17. The summed E-state index contributed by atoms with van der Waals surface area (Å²) in [5.74, 6) is 0. The summed E-state index contributed by atoms with van der Waals surface area (Å²) in [6.07, 6.45) is 3.30. The fourth-order valence-corrected chi connectivity index (χ4v) is 4.15. The fourth-order valence-electron chi connectivity index (χ4n) is 4.15. The number of carbonyl (C=O) groups excluding carboxylic acids is 3. The molecule has 6 N–H and O–H groups in total. The number of aliphatic hydroxyl groups is 3. The van der Waals surface area contributed by atoms with Gasteiger partial charge in [-0.15, -0.1) is 0 Å². The predicted molar refractivity (Wildman–Crippen MR) is 255 cm³/mol. The average Bonchev–Trinajstić information content (AvgIpc) is 3.15. The van der Waals surface area contributed by atoms with E-state index in [-0.39, 0.29) is 77.3 Å². The zero-order valence-electron chi connectivity index (χ0n) is 42.1. The summed E-state index contributed by atoms with van der Waals surface area (Å²) in [6.45, 7) is 37.1. The molecule has 0 unspecified atom stereocenters. The van der Waals surface area contributed by atoms with E-state index in [0.29, 0.717) is 96.7 Å². The zero-order valence-corrected chi connectivity index (χ0v) is 44.0. The molecule has 0 aliphatic rings. The molecule has 0 radical (unpaired) electrons. The van der Waals surface area contributed by atoms with E-state index < -0.39 is 6.16 Å². The first kappa shape index (κ1) is 77.1. The lowest BCUT2D eigenvalue weighted by molar-refractivity contribution is -0.718. The molecular formula is C44H97N2O16S2-. The van der Waals surface area contributed by atoms with E-state index >= 15 is 0 Å². The molecule has 64 heavy (non-hydrogen) atoms. The maximum atomic E-state index is 9.87. The van der Waals surface area contributed by atoms with Crippen LogP contribution in [0.5, 0.6) is 0 Å². The van der Waals surface area contributed by atoms with E-state index in [1.165, 1.54) is 12.8 Å². The highest BCUT2D eigenvalue weighted by atomic mass is 32.1. The molecule has 0 amide bonds. The minimum Gasteiger partial charge on any atom is -0.813 e. The van der Waals surface area contributed by atoms with Gasteiger partial charge in [-0.25, -0.2) is 0 Å². The Balaban J connectivity index is -0.000000131.